The third-order valence-electron chi connectivity index (χ3n) is 5.15. The van der Waals surface area contributed by atoms with Gasteiger partial charge in [-0.2, -0.15) is 0 Å². The smallest absolute Gasteiger partial charge is 0.151 e. The van der Waals surface area contributed by atoms with Crippen LogP contribution >= 0.6 is 0 Å². The Kier molecular flexibility index (Phi) is 11.4. The minimum atomic E-state index is -1.16. The van der Waals surface area contributed by atoms with Crippen LogP contribution in [0, 0.1) is 10.8 Å². The van der Waals surface area contributed by atoms with Crippen molar-refractivity contribution in [3.63, 3.8) is 0 Å². The van der Waals surface area contributed by atoms with Gasteiger partial charge in [-0.15, -0.1) is 0 Å². The molecule has 0 bridgehead atoms. The molecule has 0 unspecified atom stereocenters. The standard InChI is InChI=1S/C20H42O2/c1-6-19(2,3)15-13-11-9-7-8-10-12-14-16-20(4,5)17-18(21)22/h18,21-22H,6-17H2,1-5H3. The van der Waals surface area contributed by atoms with E-state index in [0.29, 0.717) is 11.8 Å². The molecule has 0 amide bonds. The van der Waals surface area contributed by atoms with Crippen molar-refractivity contribution in [1.29, 1.82) is 0 Å². The fourth-order valence-electron chi connectivity index (χ4n) is 3.04. The number of aliphatic hydroxyl groups excluding tert-OH is 1. The molecule has 0 aromatic rings. The van der Waals surface area contributed by atoms with E-state index in [1.807, 2.05) is 0 Å². The first-order valence-corrected chi connectivity index (χ1v) is 9.55. The predicted molar refractivity (Wildman–Crippen MR) is 96.9 cm³/mol. The Labute approximate surface area is 139 Å². The topological polar surface area (TPSA) is 40.5 Å². The maximum Gasteiger partial charge on any atom is 0.151 e. The van der Waals surface area contributed by atoms with Crippen LogP contribution in [0.4, 0.5) is 0 Å². The van der Waals surface area contributed by atoms with Crippen LogP contribution in [0.5, 0.6) is 0 Å². The minimum Gasteiger partial charge on any atom is -0.368 e. The molecule has 0 saturated carbocycles. The van der Waals surface area contributed by atoms with Gasteiger partial charge < -0.3 is 10.2 Å². The second-order valence-electron chi connectivity index (χ2n) is 8.70. The van der Waals surface area contributed by atoms with Gasteiger partial charge in [0.15, 0.2) is 6.29 Å². The minimum absolute atomic E-state index is 0.0558. The zero-order chi connectivity index (χ0) is 17.1. The summed E-state index contributed by atoms with van der Waals surface area (Å²) in [7, 11) is 0. The molecular weight excluding hydrogens is 272 g/mol. The van der Waals surface area contributed by atoms with Crippen LogP contribution in [0.15, 0.2) is 0 Å². The van der Waals surface area contributed by atoms with Crippen LogP contribution < -0.4 is 0 Å². The first-order chi connectivity index (χ1) is 10.2. The van der Waals surface area contributed by atoms with Gasteiger partial charge in [0.05, 0.1) is 0 Å². The molecule has 22 heavy (non-hydrogen) atoms. The summed E-state index contributed by atoms with van der Waals surface area (Å²) in [5, 5.41) is 18.1. The zero-order valence-corrected chi connectivity index (χ0v) is 16.0. The highest BCUT2D eigenvalue weighted by molar-refractivity contribution is 4.69. The third kappa shape index (κ3) is 13.6. The second-order valence-corrected chi connectivity index (χ2v) is 8.70. The van der Waals surface area contributed by atoms with Crippen LogP contribution in [0.25, 0.3) is 0 Å². The van der Waals surface area contributed by atoms with E-state index in [-0.39, 0.29) is 5.41 Å². The molecule has 2 N–H and O–H groups in total. The van der Waals surface area contributed by atoms with Gasteiger partial charge in [0.2, 0.25) is 0 Å². The molecule has 2 nitrogen and oxygen atoms in total. The molecule has 134 valence electrons. The molecule has 0 rings (SSSR count). The Balaban J connectivity index is 3.37. The molecule has 0 aliphatic carbocycles. The van der Waals surface area contributed by atoms with Gasteiger partial charge in [-0.25, -0.2) is 0 Å². The van der Waals surface area contributed by atoms with Crippen LogP contribution in [0.1, 0.15) is 112 Å². The average molecular weight is 315 g/mol. The Morgan fingerprint density at radius 2 is 1.00 bits per heavy atom. The van der Waals surface area contributed by atoms with Gasteiger partial charge >= 0.3 is 0 Å². The monoisotopic (exact) mass is 314 g/mol. The first kappa shape index (κ1) is 21.9. The Bertz CT molecular complexity index is 256. The molecule has 2 heteroatoms. The van der Waals surface area contributed by atoms with E-state index in [1.165, 1.54) is 64.2 Å². The van der Waals surface area contributed by atoms with Crippen molar-refractivity contribution in [1.82, 2.24) is 0 Å². The number of aliphatic hydroxyl groups is 2. The third-order valence-corrected chi connectivity index (χ3v) is 5.15. The fraction of sp³-hybridized carbons (Fsp3) is 1.00. The number of rotatable bonds is 14. The summed E-state index contributed by atoms with van der Waals surface area (Å²) >= 11 is 0. The van der Waals surface area contributed by atoms with Gasteiger partial charge in [-0.3, -0.25) is 0 Å². The van der Waals surface area contributed by atoms with Gasteiger partial charge in [0, 0.05) is 6.42 Å². The molecular formula is C20H42O2. The summed E-state index contributed by atoms with van der Waals surface area (Å²) in [4.78, 5) is 0. The Hall–Kier alpha value is -0.0800. The van der Waals surface area contributed by atoms with Crippen molar-refractivity contribution in [3.8, 4) is 0 Å². The van der Waals surface area contributed by atoms with E-state index in [0.717, 1.165) is 6.42 Å². The molecule has 0 aromatic carbocycles. The second kappa shape index (κ2) is 11.5. The highest BCUT2D eigenvalue weighted by atomic mass is 16.5. The Morgan fingerprint density at radius 3 is 1.36 bits per heavy atom. The quantitative estimate of drug-likeness (QED) is 0.302. The van der Waals surface area contributed by atoms with Crippen molar-refractivity contribution in [2.45, 2.75) is 118 Å². The summed E-state index contributed by atoms with van der Waals surface area (Å²) in [6.07, 6.45) is 13.8. The van der Waals surface area contributed by atoms with Gasteiger partial charge in [0.25, 0.3) is 0 Å². The highest BCUT2D eigenvalue weighted by Crippen LogP contribution is 2.29. The maximum atomic E-state index is 9.05. The highest BCUT2D eigenvalue weighted by Gasteiger charge is 2.20. The molecule has 0 aromatic heterocycles. The lowest BCUT2D eigenvalue weighted by Gasteiger charge is -2.25. The number of hydrogen-bond donors (Lipinski definition) is 2. The van der Waals surface area contributed by atoms with Gasteiger partial charge in [-0.05, 0) is 23.7 Å². The summed E-state index contributed by atoms with van der Waals surface area (Å²) in [6, 6.07) is 0. The molecule has 0 atom stereocenters. The van der Waals surface area contributed by atoms with Crippen LogP contribution in [-0.2, 0) is 0 Å². The molecule has 0 heterocycles. The molecule has 0 saturated heterocycles. The summed E-state index contributed by atoms with van der Waals surface area (Å²) in [6.45, 7) is 11.3. The van der Waals surface area contributed by atoms with Crippen molar-refractivity contribution >= 4 is 0 Å². The predicted octanol–water partition coefficient (Wildman–Crippen LogP) is 6.05. The van der Waals surface area contributed by atoms with E-state index >= 15 is 0 Å². The largest absolute Gasteiger partial charge is 0.368 e. The summed E-state index contributed by atoms with van der Waals surface area (Å²) < 4.78 is 0. The maximum absolute atomic E-state index is 9.05. The van der Waals surface area contributed by atoms with Crippen LogP contribution in [0.2, 0.25) is 0 Å². The normalized spacial score (nSPS) is 13.1. The zero-order valence-electron chi connectivity index (χ0n) is 16.0. The summed E-state index contributed by atoms with van der Waals surface area (Å²) in [5.74, 6) is 0. The van der Waals surface area contributed by atoms with E-state index in [1.54, 1.807) is 0 Å². The van der Waals surface area contributed by atoms with E-state index in [9.17, 15) is 0 Å². The van der Waals surface area contributed by atoms with Crippen LogP contribution in [0.3, 0.4) is 0 Å². The fourth-order valence-corrected chi connectivity index (χ4v) is 3.04. The van der Waals surface area contributed by atoms with E-state index < -0.39 is 6.29 Å². The molecule has 0 aliphatic rings. The Morgan fingerprint density at radius 1 is 0.636 bits per heavy atom. The lowest BCUT2D eigenvalue weighted by Crippen LogP contribution is -2.20. The molecule has 0 fully saturated rings. The molecule has 0 aliphatic heterocycles. The van der Waals surface area contributed by atoms with Crippen molar-refractivity contribution < 1.29 is 10.2 Å². The lowest BCUT2D eigenvalue weighted by atomic mass is 9.83. The number of hydrogen-bond acceptors (Lipinski definition) is 2. The lowest BCUT2D eigenvalue weighted by molar-refractivity contribution is -0.0688. The first-order valence-electron chi connectivity index (χ1n) is 9.55. The summed E-state index contributed by atoms with van der Waals surface area (Å²) in [5.41, 5.74) is 0.592. The van der Waals surface area contributed by atoms with Gasteiger partial charge in [0.1, 0.15) is 0 Å². The average Bonchev–Trinajstić information content (AvgIpc) is 2.39. The van der Waals surface area contributed by atoms with Crippen LogP contribution in [-0.4, -0.2) is 16.5 Å². The van der Waals surface area contributed by atoms with Crippen molar-refractivity contribution in [3.05, 3.63) is 0 Å². The van der Waals surface area contributed by atoms with E-state index in [4.69, 9.17) is 10.2 Å². The number of unbranched alkanes of at least 4 members (excludes halogenated alkanes) is 7. The SMILES string of the molecule is CCC(C)(C)CCCCCCCCCCC(C)(C)CC(O)O. The molecule has 0 spiro atoms. The van der Waals surface area contributed by atoms with E-state index in [2.05, 4.69) is 34.6 Å². The van der Waals surface area contributed by atoms with Gasteiger partial charge in [-0.1, -0.05) is 92.4 Å². The van der Waals surface area contributed by atoms with Crippen molar-refractivity contribution in [2.75, 3.05) is 0 Å². The van der Waals surface area contributed by atoms with Crippen molar-refractivity contribution in [2.24, 2.45) is 10.8 Å². The molecule has 0 radical (unpaired) electrons.